The number of aromatic nitrogens is 1. The Labute approximate surface area is 191 Å². The van der Waals surface area contributed by atoms with Crippen LogP contribution < -0.4 is 4.90 Å². The first-order valence-electron chi connectivity index (χ1n) is 12.2. The molecule has 2 aliphatic rings. The molecule has 1 heterocycles. The van der Waals surface area contributed by atoms with Gasteiger partial charge in [0.15, 0.2) is 5.78 Å². The van der Waals surface area contributed by atoms with Crippen molar-refractivity contribution in [2.75, 3.05) is 19.0 Å². The van der Waals surface area contributed by atoms with Crippen LogP contribution in [-0.4, -0.2) is 24.9 Å². The van der Waals surface area contributed by atoms with Gasteiger partial charge in [0.25, 0.3) is 0 Å². The summed E-state index contributed by atoms with van der Waals surface area (Å²) in [6, 6.07) is 3.75. The molecule has 1 aromatic rings. The normalized spacial score (nSPS) is 18.2. The highest BCUT2D eigenvalue weighted by Gasteiger charge is 2.43. The van der Waals surface area contributed by atoms with Gasteiger partial charge in [-0.1, -0.05) is 82.9 Å². The predicted molar refractivity (Wildman–Crippen MR) is 136 cm³/mol. The second-order valence-corrected chi connectivity index (χ2v) is 8.22. The number of rotatable bonds is 10. The monoisotopic (exact) mass is 424 g/mol. The van der Waals surface area contributed by atoms with Gasteiger partial charge in [0.05, 0.1) is 0 Å². The van der Waals surface area contributed by atoms with Crippen LogP contribution in [0.25, 0.3) is 0 Å². The van der Waals surface area contributed by atoms with Crippen molar-refractivity contribution in [3.8, 4) is 0 Å². The minimum absolute atomic E-state index is 0.109. The van der Waals surface area contributed by atoms with E-state index in [0.717, 1.165) is 23.7 Å². The second-order valence-electron chi connectivity index (χ2n) is 8.22. The summed E-state index contributed by atoms with van der Waals surface area (Å²) in [6.07, 6.45) is 14.1. The SMILES string of the molecule is C=C(CC(=O)c1ccc(N(C)C)nc1)CC1=CC=C(CCCCC)C2CC12.CC.CC. The number of ketones is 1. The predicted octanol–water partition coefficient (Wildman–Crippen LogP) is 7.80. The van der Waals surface area contributed by atoms with Crippen molar-refractivity contribution < 1.29 is 4.79 Å². The quantitative estimate of drug-likeness (QED) is 0.218. The lowest BCUT2D eigenvalue weighted by atomic mass is 9.90. The van der Waals surface area contributed by atoms with Crippen molar-refractivity contribution in [3.05, 3.63) is 59.3 Å². The zero-order chi connectivity index (χ0) is 23.4. The Morgan fingerprint density at radius 3 is 2.29 bits per heavy atom. The van der Waals surface area contributed by atoms with Crippen LogP contribution in [0.4, 0.5) is 5.82 Å². The van der Waals surface area contributed by atoms with E-state index in [2.05, 4.69) is 30.6 Å². The molecule has 3 nitrogen and oxygen atoms in total. The molecule has 0 aromatic carbocycles. The van der Waals surface area contributed by atoms with Gasteiger partial charge in [0.2, 0.25) is 0 Å². The van der Waals surface area contributed by atoms with Crippen molar-refractivity contribution in [1.29, 1.82) is 0 Å². The number of Topliss-reactive ketones (excluding diaryl/α,β-unsaturated/α-hetero) is 1. The Kier molecular flexibility index (Phi) is 12.1. The molecule has 172 valence electrons. The van der Waals surface area contributed by atoms with E-state index in [-0.39, 0.29) is 5.78 Å². The summed E-state index contributed by atoms with van der Waals surface area (Å²) in [5.41, 5.74) is 4.79. The van der Waals surface area contributed by atoms with Gasteiger partial charge in [-0.3, -0.25) is 4.79 Å². The first-order valence-corrected chi connectivity index (χ1v) is 12.2. The maximum atomic E-state index is 12.5. The van der Waals surface area contributed by atoms with E-state index in [1.807, 2.05) is 58.8 Å². The summed E-state index contributed by atoms with van der Waals surface area (Å²) in [6.45, 7) is 14.4. The van der Waals surface area contributed by atoms with E-state index < -0.39 is 0 Å². The number of allylic oxidation sites excluding steroid dienone is 5. The van der Waals surface area contributed by atoms with Gasteiger partial charge in [-0.25, -0.2) is 4.98 Å². The molecular formula is C28H44N2O. The minimum Gasteiger partial charge on any atom is -0.363 e. The van der Waals surface area contributed by atoms with E-state index >= 15 is 0 Å². The highest BCUT2D eigenvalue weighted by molar-refractivity contribution is 5.97. The Balaban J connectivity index is 0.00000113. The zero-order valence-electron chi connectivity index (χ0n) is 21.0. The van der Waals surface area contributed by atoms with Crippen LogP contribution in [0.5, 0.6) is 0 Å². The number of pyridine rings is 1. The molecule has 1 aromatic heterocycles. The Hall–Kier alpha value is -2.16. The first-order chi connectivity index (χ1) is 15.0. The van der Waals surface area contributed by atoms with Gasteiger partial charge < -0.3 is 4.90 Å². The third-order valence-electron chi connectivity index (χ3n) is 5.72. The molecule has 2 unspecified atom stereocenters. The maximum absolute atomic E-state index is 12.5. The van der Waals surface area contributed by atoms with Crippen LogP contribution in [0.15, 0.2) is 53.8 Å². The Morgan fingerprint density at radius 1 is 1.06 bits per heavy atom. The lowest BCUT2D eigenvalue weighted by Gasteiger charge is -2.15. The number of anilines is 1. The molecule has 0 bridgehead atoms. The molecule has 0 amide bonds. The fraction of sp³-hybridized carbons (Fsp3) is 0.571. The lowest BCUT2D eigenvalue weighted by molar-refractivity contribution is 0.0992. The van der Waals surface area contributed by atoms with Crippen molar-refractivity contribution in [1.82, 2.24) is 4.98 Å². The molecule has 1 fully saturated rings. The smallest absolute Gasteiger partial charge is 0.168 e. The van der Waals surface area contributed by atoms with Crippen LogP contribution >= 0.6 is 0 Å². The van der Waals surface area contributed by atoms with E-state index in [0.29, 0.717) is 17.9 Å². The summed E-state index contributed by atoms with van der Waals surface area (Å²) in [7, 11) is 3.89. The van der Waals surface area contributed by atoms with Crippen LogP contribution in [-0.2, 0) is 0 Å². The van der Waals surface area contributed by atoms with Crippen LogP contribution in [0.3, 0.4) is 0 Å². The molecule has 3 heteroatoms. The highest BCUT2D eigenvalue weighted by Crippen LogP contribution is 2.53. The van der Waals surface area contributed by atoms with Crippen molar-refractivity contribution in [3.63, 3.8) is 0 Å². The molecule has 0 radical (unpaired) electrons. The standard InChI is InChI=1S/C24H32N2O.2C2H6/c1-5-6-7-8-18-9-10-19(22-15-21(18)22)13-17(2)14-23(27)20-11-12-24(25-16-20)26(3)4;2*1-2/h9-12,16,21-22H,2,5-8,13-15H2,1,3-4H3;2*1-2H3. The Bertz CT molecular complexity index is 756. The van der Waals surface area contributed by atoms with Gasteiger partial charge in [-0.2, -0.15) is 0 Å². The van der Waals surface area contributed by atoms with E-state index in [9.17, 15) is 4.79 Å². The summed E-state index contributed by atoms with van der Waals surface area (Å²) in [5.74, 6) is 2.45. The number of unbranched alkanes of at least 4 members (excludes halogenated alkanes) is 2. The van der Waals surface area contributed by atoms with E-state index in [1.54, 1.807) is 11.8 Å². The Morgan fingerprint density at radius 2 is 1.71 bits per heavy atom. The summed E-state index contributed by atoms with van der Waals surface area (Å²) >= 11 is 0. The molecule has 0 saturated heterocycles. The van der Waals surface area contributed by atoms with Gasteiger partial charge in [0.1, 0.15) is 5.82 Å². The van der Waals surface area contributed by atoms with Crippen molar-refractivity contribution in [2.24, 2.45) is 11.8 Å². The largest absolute Gasteiger partial charge is 0.363 e. The average Bonchev–Trinajstić information content (AvgIpc) is 3.60. The van der Waals surface area contributed by atoms with Gasteiger partial charge >= 0.3 is 0 Å². The number of nitrogens with zero attached hydrogens (tertiary/aromatic N) is 2. The molecule has 2 aliphatic carbocycles. The highest BCUT2D eigenvalue weighted by atomic mass is 16.1. The molecule has 3 rings (SSSR count). The molecular weight excluding hydrogens is 380 g/mol. The topological polar surface area (TPSA) is 33.2 Å². The van der Waals surface area contributed by atoms with Crippen LogP contribution in [0.2, 0.25) is 0 Å². The molecule has 0 spiro atoms. The van der Waals surface area contributed by atoms with E-state index in [1.165, 1.54) is 37.7 Å². The van der Waals surface area contributed by atoms with Crippen molar-refractivity contribution in [2.45, 2.75) is 79.6 Å². The van der Waals surface area contributed by atoms with E-state index in [4.69, 9.17) is 0 Å². The summed E-state index contributed by atoms with van der Waals surface area (Å²) < 4.78 is 0. The minimum atomic E-state index is 0.109. The number of fused-ring (bicyclic) bond motifs is 1. The average molecular weight is 425 g/mol. The van der Waals surface area contributed by atoms with Crippen molar-refractivity contribution >= 4 is 11.6 Å². The zero-order valence-corrected chi connectivity index (χ0v) is 21.0. The third kappa shape index (κ3) is 8.12. The number of carbonyl (C=O) groups excluding carboxylic acids is 1. The maximum Gasteiger partial charge on any atom is 0.168 e. The fourth-order valence-corrected chi connectivity index (χ4v) is 4.01. The van der Waals surface area contributed by atoms with Gasteiger partial charge in [0, 0.05) is 32.3 Å². The molecule has 0 N–H and O–H groups in total. The third-order valence-corrected chi connectivity index (χ3v) is 5.72. The van der Waals surface area contributed by atoms with Gasteiger partial charge in [-0.15, -0.1) is 0 Å². The molecule has 0 aliphatic heterocycles. The van der Waals surface area contributed by atoms with Crippen LogP contribution in [0, 0.1) is 11.8 Å². The molecule has 31 heavy (non-hydrogen) atoms. The summed E-state index contributed by atoms with van der Waals surface area (Å²) in [4.78, 5) is 18.8. The number of hydrogen-bond donors (Lipinski definition) is 0. The fourth-order valence-electron chi connectivity index (χ4n) is 4.01. The molecule has 2 atom stereocenters. The first kappa shape index (κ1) is 26.9. The van der Waals surface area contributed by atoms with Crippen LogP contribution in [0.1, 0.15) is 89.9 Å². The lowest BCUT2D eigenvalue weighted by Crippen LogP contribution is -2.11. The number of hydrogen-bond acceptors (Lipinski definition) is 3. The number of carbonyl (C=O) groups is 1. The second kappa shape index (κ2) is 14.0. The van der Waals surface area contributed by atoms with Gasteiger partial charge in [-0.05, 0) is 49.7 Å². The summed E-state index contributed by atoms with van der Waals surface area (Å²) in [5, 5.41) is 0. The molecule has 1 saturated carbocycles.